The van der Waals surface area contributed by atoms with Gasteiger partial charge in [0.1, 0.15) is 0 Å². The zero-order chi connectivity index (χ0) is 13.7. The Morgan fingerprint density at radius 3 is 2.74 bits per heavy atom. The molecule has 1 amide bonds. The highest BCUT2D eigenvalue weighted by atomic mass is 79.9. The molecule has 3 N–H and O–H groups in total. The lowest BCUT2D eigenvalue weighted by molar-refractivity contribution is 0.0999. The topological polar surface area (TPSA) is 58.4 Å². The third kappa shape index (κ3) is 4.30. The van der Waals surface area contributed by atoms with Crippen LogP contribution >= 0.6 is 15.9 Å². The lowest BCUT2D eigenvalue weighted by Gasteiger charge is -2.27. The fourth-order valence-electron chi connectivity index (χ4n) is 2.41. The number of hydrogen-bond donors (Lipinski definition) is 2. The first-order valence-electron chi connectivity index (χ1n) is 6.73. The minimum absolute atomic E-state index is 0.361. The standard InChI is InChI=1S/C14H20BrN3O/c15-12-4-5-13(14(16)19)11(10-12)6-7-17-18-8-2-1-3-9-18/h4-5,10,17H,1-3,6-9H2,(H2,16,19). The van der Waals surface area contributed by atoms with Crippen LogP contribution in [0.25, 0.3) is 0 Å². The summed E-state index contributed by atoms with van der Waals surface area (Å²) in [4.78, 5) is 11.4. The molecule has 0 saturated carbocycles. The van der Waals surface area contributed by atoms with Crippen LogP contribution in [0.1, 0.15) is 35.2 Å². The van der Waals surface area contributed by atoms with Crippen molar-refractivity contribution < 1.29 is 4.79 Å². The average molecular weight is 326 g/mol. The van der Waals surface area contributed by atoms with Crippen LogP contribution < -0.4 is 11.2 Å². The summed E-state index contributed by atoms with van der Waals surface area (Å²) in [6, 6.07) is 5.60. The van der Waals surface area contributed by atoms with E-state index >= 15 is 0 Å². The molecule has 1 fully saturated rings. The smallest absolute Gasteiger partial charge is 0.248 e. The van der Waals surface area contributed by atoms with Gasteiger partial charge in [0.25, 0.3) is 0 Å². The first-order chi connectivity index (χ1) is 9.16. The van der Waals surface area contributed by atoms with Gasteiger partial charge in [-0.3, -0.25) is 10.2 Å². The Kier molecular flexibility index (Phi) is 5.36. The lowest BCUT2D eigenvalue weighted by Crippen LogP contribution is -2.42. The van der Waals surface area contributed by atoms with E-state index in [9.17, 15) is 4.79 Å². The van der Waals surface area contributed by atoms with Gasteiger partial charge in [-0.2, -0.15) is 0 Å². The quantitative estimate of drug-likeness (QED) is 0.871. The number of benzene rings is 1. The number of halogens is 1. The van der Waals surface area contributed by atoms with Crippen LogP contribution in [-0.2, 0) is 6.42 Å². The van der Waals surface area contributed by atoms with E-state index in [1.54, 1.807) is 6.07 Å². The second-order valence-corrected chi connectivity index (χ2v) is 5.79. The summed E-state index contributed by atoms with van der Waals surface area (Å²) in [6.07, 6.45) is 4.65. The van der Waals surface area contributed by atoms with Crippen molar-refractivity contribution in [3.8, 4) is 0 Å². The number of nitrogens with zero attached hydrogens (tertiary/aromatic N) is 1. The van der Waals surface area contributed by atoms with Gasteiger partial charge in [0.05, 0.1) is 0 Å². The summed E-state index contributed by atoms with van der Waals surface area (Å²) in [7, 11) is 0. The van der Waals surface area contributed by atoms with E-state index in [0.717, 1.165) is 36.1 Å². The number of carbonyl (C=O) groups excluding carboxylic acids is 1. The predicted octanol–water partition coefficient (Wildman–Crippen LogP) is 2.08. The minimum Gasteiger partial charge on any atom is -0.366 e. The number of primary amides is 1. The largest absolute Gasteiger partial charge is 0.366 e. The van der Waals surface area contributed by atoms with Gasteiger partial charge in [0.15, 0.2) is 0 Å². The summed E-state index contributed by atoms with van der Waals surface area (Å²) >= 11 is 3.43. The van der Waals surface area contributed by atoms with E-state index in [1.807, 2.05) is 12.1 Å². The Balaban J connectivity index is 1.91. The monoisotopic (exact) mass is 325 g/mol. The summed E-state index contributed by atoms with van der Waals surface area (Å²) in [5, 5.41) is 2.27. The Bertz CT molecular complexity index is 444. The maximum absolute atomic E-state index is 11.4. The van der Waals surface area contributed by atoms with Crippen molar-refractivity contribution in [2.45, 2.75) is 25.7 Å². The van der Waals surface area contributed by atoms with Crippen LogP contribution in [0.3, 0.4) is 0 Å². The van der Waals surface area contributed by atoms with E-state index in [0.29, 0.717) is 5.56 Å². The normalized spacial score (nSPS) is 16.5. The third-order valence-corrected chi connectivity index (χ3v) is 3.91. The number of carbonyl (C=O) groups is 1. The molecule has 4 nitrogen and oxygen atoms in total. The molecule has 0 unspecified atom stereocenters. The number of hydrogen-bond acceptors (Lipinski definition) is 3. The van der Waals surface area contributed by atoms with Gasteiger partial charge in [-0.25, -0.2) is 5.01 Å². The molecule has 1 aliphatic heterocycles. The van der Waals surface area contributed by atoms with Crippen molar-refractivity contribution in [1.29, 1.82) is 0 Å². The first kappa shape index (κ1) is 14.5. The van der Waals surface area contributed by atoms with Crippen molar-refractivity contribution in [3.05, 3.63) is 33.8 Å². The highest BCUT2D eigenvalue weighted by Gasteiger charge is 2.11. The molecule has 104 valence electrons. The van der Waals surface area contributed by atoms with E-state index in [1.165, 1.54) is 19.3 Å². The Morgan fingerprint density at radius 2 is 2.05 bits per heavy atom. The summed E-state index contributed by atoms with van der Waals surface area (Å²) in [5.41, 5.74) is 10.4. The number of amides is 1. The van der Waals surface area contributed by atoms with Gasteiger partial charge in [0, 0.05) is 29.7 Å². The van der Waals surface area contributed by atoms with Crippen molar-refractivity contribution in [2.75, 3.05) is 19.6 Å². The highest BCUT2D eigenvalue weighted by Crippen LogP contribution is 2.17. The zero-order valence-corrected chi connectivity index (χ0v) is 12.6. The van der Waals surface area contributed by atoms with Crippen LogP contribution in [0, 0.1) is 0 Å². The molecule has 0 bridgehead atoms. The van der Waals surface area contributed by atoms with Crippen LogP contribution in [-0.4, -0.2) is 30.6 Å². The molecule has 2 rings (SSSR count). The van der Waals surface area contributed by atoms with E-state index in [-0.39, 0.29) is 5.91 Å². The van der Waals surface area contributed by atoms with Gasteiger partial charge in [-0.1, -0.05) is 22.4 Å². The summed E-state index contributed by atoms with van der Waals surface area (Å²) < 4.78 is 0.977. The maximum atomic E-state index is 11.4. The first-order valence-corrected chi connectivity index (χ1v) is 7.53. The zero-order valence-electron chi connectivity index (χ0n) is 11.0. The highest BCUT2D eigenvalue weighted by molar-refractivity contribution is 9.10. The van der Waals surface area contributed by atoms with Gasteiger partial charge in [-0.15, -0.1) is 0 Å². The molecule has 1 aromatic rings. The second-order valence-electron chi connectivity index (χ2n) is 4.87. The molecule has 0 aromatic heterocycles. The van der Waals surface area contributed by atoms with Crippen LogP contribution in [0.4, 0.5) is 0 Å². The van der Waals surface area contributed by atoms with E-state index in [4.69, 9.17) is 5.73 Å². The lowest BCUT2D eigenvalue weighted by atomic mass is 10.0. The van der Waals surface area contributed by atoms with Gasteiger partial charge in [0.2, 0.25) is 5.91 Å². The minimum atomic E-state index is -0.361. The molecule has 0 atom stereocenters. The van der Waals surface area contributed by atoms with Gasteiger partial charge < -0.3 is 5.73 Å². The second kappa shape index (κ2) is 7.03. The fraction of sp³-hybridized carbons (Fsp3) is 0.500. The number of hydrazine groups is 1. The van der Waals surface area contributed by atoms with Crippen molar-refractivity contribution in [2.24, 2.45) is 5.73 Å². The Hall–Kier alpha value is -0.910. The average Bonchev–Trinajstić information content (AvgIpc) is 2.39. The summed E-state index contributed by atoms with van der Waals surface area (Å²) in [6.45, 7) is 3.05. The Morgan fingerprint density at radius 1 is 1.32 bits per heavy atom. The van der Waals surface area contributed by atoms with Crippen LogP contribution in [0.15, 0.2) is 22.7 Å². The van der Waals surface area contributed by atoms with Crippen molar-refractivity contribution in [3.63, 3.8) is 0 Å². The van der Waals surface area contributed by atoms with Gasteiger partial charge in [-0.05, 0) is 43.0 Å². The Labute approximate surface area is 122 Å². The molecule has 0 spiro atoms. The molecule has 19 heavy (non-hydrogen) atoms. The van der Waals surface area contributed by atoms with Crippen LogP contribution in [0.5, 0.6) is 0 Å². The molecule has 1 aromatic carbocycles. The number of rotatable bonds is 5. The number of piperidine rings is 1. The molecule has 5 heteroatoms. The van der Waals surface area contributed by atoms with E-state index < -0.39 is 0 Å². The summed E-state index contributed by atoms with van der Waals surface area (Å²) in [5.74, 6) is -0.361. The number of nitrogens with two attached hydrogens (primary N) is 1. The van der Waals surface area contributed by atoms with Crippen molar-refractivity contribution in [1.82, 2.24) is 10.4 Å². The maximum Gasteiger partial charge on any atom is 0.248 e. The fourth-order valence-corrected chi connectivity index (χ4v) is 2.82. The molecular weight excluding hydrogens is 306 g/mol. The van der Waals surface area contributed by atoms with Crippen LogP contribution in [0.2, 0.25) is 0 Å². The SMILES string of the molecule is NC(=O)c1ccc(Br)cc1CCNN1CCCCC1. The molecule has 1 heterocycles. The predicted molar refractivity (Wildman–Crippen MR) is 79.8 cm³/mol. The molecule has 0 aliphatic carbocycles. The number of nitrogens with one attached hydrogen (secondary N) is 1. The molecule has 1 aliphatic rings. The molecule has 0 radical (unpaired) electrons. The van der Waals surface area contributed by atoms with Crippen molar-refractivity contribution >= 4 is 21.8 Å². The third-order valence-electron chi connectivity index (χ3n) is 3.42. The van der Waals surface area contributed by atoms with E-state index in [2.05, 4.69) is 26.4 Å². The molecule has 1 saturated heterocycles. The molecular formula is C14H20BrN3O. The van der Waals surface area contributed by atoms with Gasteiger partial charge >= 0.3 is 0 Å².